The van der Waals surface area contributed by atoms with Crippen LogP contribution in [0.1, 0.15) is 12.1 Å². The third-order valence-corrected chi connectivity index (χ3v) is 4.17. The molecule has 0 radical (unpaired) electrons. The number of aromatic nitrogens is 4. The lowest BCUT2D eigenvalue weighted by Crippen LogP contribution is -2.09. The average molecular weight is 288 g/mol. The van der Waals surface area contributed by atoms with E-state index in [2.05, 4.69) is 10.1 Å². The zero-order chi connectivity index (χ0) is 13.5. The quantitative estimate of drug-likeness (QED) is 0.857. The van der Waals surface area contributed by atoms with Crippen molar-refractivity contribution >= 4 is 33.2 Å². The summed E-state index contributed by atoms with van der Waals surface area (Å²) >= 11 is 5.25. The number of nitrogens with zero attached hydrogens (tertiary/aromatic N) is 3. The second-order valence-electron chi connectivity index (χ2n) is 4.47. The summed E-state index contributed by atoms with van der Waals surface area (Å²) in [6.07, 6.45) is 1.79. The zero-order valence-corrected chi connectivity index (χ0v) is 12.2. The molecule has 0 aliphatic carbocycles. The van der Waals surface area contributed by atoms with E-state index in [0.29, 0.717) is 17.7 Å². The molecule has 0 fully saturated rings. The van der Waals surface area contributed by atoms with Gasteiger partial charge in [0.25, 0.3) is 0 Å². The van der Waals surface area contributed by atoms with Crippen LogP contribution < -0.4 is 0 Å². The van der Waals surface area contributed by atoms with Crippen molar-refractivity contribution in [2.45, 2.75) is 19.9 Å². The molecule has 18 heavy (non-hydrogen) atoms. The summed E-state index contributed by atoms with van der Waals surface area (Å²) in [7, 11) is -1.08. The van der Waals surface area contributed by atoms with Gasteiger partial charge in [-0.05, 0) is 25.6 Å². The standard InChI is InChI=1S/C10H16N4O2S2/c1-7-8-9(13(2)12-7)14(10(17)11-8)5-4-6-18(3,15)16/h4-6H2,1-3H3,(H,11,17). The van der Waals surface area contributed by atoms with E-state index in [1.807, 2.05) is 18.5 Å². The molecule has 2 heterocycles. The minimum absolute atomic E-state index is 0.165. The Labute approximate surface area is 111 Å². The molecule has 6 nitrogen and oxygen atoms in total. The molecule has 0 aliphatic rings. The van der Waals surface area contributed by atoms with Crippen LogP contribution in [0.15, 0.2) is 0 Å². The molecule has 2 aromatic rings. The van der Waals surface area contributed by atoms with Crippen LogP contribution in [-0.2, 0) is 23.4 Å². The molecule has 2 rings (SSSR count). The van der Waals surface area contributed by atoms with Gasteiger partial charge in [-0.3, -0.25) is 4.68 Å². The van der Waals surface area contributed by atoms with Crippen molar-refractivity contribution in [1.82, 2.24) is 19.3 Å². The number of imidazole rings is 1. The van der Waals surface area contributed by atoms with Gasteiger partial charge in [-0.15, -0.1) is 0 Å². The van der Waals surface area contributed by atoms with Crippen LogP contribution in [0.5, 0.6) is 0 Å². The fourth-order valence-electron chi connectivity index (χ4n) is 2.06. The summed E-state index contributed by atoms with van der Waals surface area (Å²) in [6, 6.07) is 0. The number of nitrogens with one attached hydrogen (secondary N) is 1. The van der Waals surface area contributed by atoms with E-state index >= 15 is 0 Å². The molecule has 0 amide bonds. The SMILES string of the molecule is Cc1nn(C)c2c1[nH]c(=S)n2CCCS(C)(=O)=O. The summed E-state index contributed by atoms with van der Waals surface area (Å²) in [5.41, 5.74) is 2.72. The fraction of sp³-hybridized carbons (Fsp3) is 0.600. The van der Waals surface area contributed by atoms with E-state index in [1.165, 1.54) is 6.26 Å². The van der Waals surface area contributed by atoms with Gasteiger partial charge in [0.05, 0.1) is 11.4 Å². The molecule has 2 aromatic heterocycles. The van der Waals surface area contributed by atoms with Crippen molar-refractivity contribution in [2.75, 3.05) is 12.0 Å². The topological polar surface area (TPSA) is 72.7 Å². The summed E-state index contributed by atoms with van der Waals surface area (Å²) < 4.78 is 26.5. The van der Waals surface area contributed by atoms with Crippen molar-refractivity contribution < 1.29 is 8.42 Å². The van der Waals surface area contributed by atoms with E-state index < -0.39 is 9.84 Å². The van der Waals surface area contributed by atoms with Crippen LogP contribution in [0.25, 0.3) is 11.2 Å². The number of aromatic amines is 1. The highest BCUT2D eigenvalue weighted by molar-refractivity contribution is 7.90. The van der Waals surface area contributed by atoms with Gasteiger partial charge >= 0.3 is 0 Å². The van der Waals surface area contributed by atoms with Crippen molar-refractivity contribution in [2.24, 2.45) is 7.05 Å². The maximum Gasteiger partial charge on any atom is 0.179 e. The van der Waals surface area contributed by atoms with Crippen LogP contribution in [0.4, 0.5) is 0 Å². The first-order valence-corrected chi connectivity index (χ1v) is 8.06. The van der Waals surface area contributed by atoms with Gasteiger partial charge in [0.2, 0.25) is 0 Å². The number of fused-ring (bicyclic) bond motifs is 1. The van der Waals surface area contributed by atoms with Crippen molar-refractivity contribution in [3.8, 4) is 0 Å². The number of hydrogen-bond acceptors (Lipinski definition) is 4. The van der Waals surface area contributed by atoms with Crippen LogP contribution in [0.2, 0.25) is 0 Å². The molecule has 1 N–H and O–H groups in total. The molecule has 0 aliphatic heterocycles. The number of hydrogen-bond donors (Lipinski definition) is 1. The lowest BCUT2D eigenvalue weighted by atomic mass is 10.4. The van der Waals surface area contributed by atoms with Crippen molar-refractivity contribution in [3.63, 3.8) is 0 Å². The molecule has 0 bridgehead atoms. The van der Waals surface area contributed by atoms with Gasteiger partial charge in [-0.25, -0.2) is 8.42 Å². The largest absolute Gasteiger partial charge is 0.328 e. The number of H-pyrrole nitrogens is 1. The molecular weight excluding hydrogens is 272 g/mol. The van der Waals surface area contributed by atoms with Crippen LogP contribution in [0, 0.1) is 11.7 Å². The smallest absolute Gasteiger partial charge is 0.179 e. The van der Waals surface area contributed by atoms with Gasteiger partial charge < -0.3 is 9.55 Å². The third-order valence-electron chi connectivity index (χ3n) is 2.82. The predicted molar refractivity (Wildman–Crippen MR) is 73.0 cm³/mol. The highest BCUT2D eigenvalue weighted by Crippen LogP contribution is 2.17. The Hall–Kier alpha value is -1.15. The van der Waals surface area contributed by atoms with Crippen LogP contribution in [-0.4, -0.2) is 39.8 Å². The summed E-state index contributed by atoms with van der Waals surface area (Å²) in [6.45, 7) is 2.49. The van der Waals surface area contributed by atoms with Gasteiger partial charge in [0.15, 0.2) is 10.4 Å². The summed E-state index contributed by atoms with van der Waals surface area (Å²) in [5.74, 6) is 0.165. The monoisotopic (exact) mass is 288 g/mol. The molecule has 100 valence electrons. The van der Waals surface area contributed by atoms with Gasteiger partial charge in [0.1, 0.15) is 15.4 Å². The Morgan fingerprint density at radius 3 is 2.72 bits per heavy atom. The third kappa shape index (κ3) is 2.49. The highest BCUT2D eigenvalue weighted by atomic mass is 32.2. The van der Waals surface area contributed by atoms with E-state index in [-0.39, 0.29) is 5.75 Å². The van der Waals surface area contributed by atoms with E-state index in [4.69, 9.17) is 12.2 Å². The van der Waals surface area contributed by atoms with Gasteiger partial charge in [-0.2, -0.15) is 5.10 Å². The van der Waals surface area contributed by atoms with E-state index in [9.17, 15) is 8.42 Å². The fourth-order valence-corrected chi connectivity index (χ4v) is 3.00. The van der Waals surface area contributed by atoms with Crippen LogP contribution >= 0.6 is 12.2 Å². The molecule has 8 heteroatoms. The maximum absolute atomic E-state index is 11.1. The number of aryl methyl sites for hydroxylation is 3. The lowest BCUT2D eigenvalue weighted by molar-refractivity contribution is 0.590. The molecule has 0 saturated heterocycles. The van der Waals surface area contributed by atoms with Gasteiger partial charge in [0, 0.05) is 19.8 Å². The lowest BCUT2D eigenvalue weighted by Gasteiger charge is -2.04. The van der Waals surface area contributed by atoms with Crippen molar-refractivity contribution in [3.05, 3.63) is 10.5 Å². The second-order valence-corrected chi connectivity index (χ2v) is 7.12. The first-order valence-electron chi connectivity index (χ1n) is 5.59. The number of rotatable bonds is 4. The van der Waals surface area contributed by atoms with Gasteiger partial charge in [-0.1, -0.05) is 0 Å². The Bertz CT molecular complexity index is 736. The number of sulfone groups is 1. The molecular formula is C10H16N4O2S2. The molecule has 0 saturated carbocycles. The zero-order valence-electron chi connectivity index (χ0n) is 10.6. The first kappa shape index (κ1) is 13.3. The van der Waals surface area contributed by atoms with E-state index in [1.54, 1.807) is 4.68 Å². The Balaban J connectivity index is 2.33. The van der Waals surface area contributed by atoms with E-state index in [0.717, 1.165) is 16.9 Å². The second kappa shape index (κ2) is 4.51. The molecule has 0 atom stereocenters. The van der Waals surface area contributed by atoms with Crippen LogP contribution in [0.3, 0.4) is 0 Å². The highest BCUT2D eigenvalue weighted by Gasteiger charge is 2.12. The normalized spacial score (nSPS) is 12.4. The molecule has 0 aromatic carbocycles. The average Bonchev–Trinajstić information content (AvgIpc) is 2.66. The summed E-state index contributed by atoms with van der Waals surface area (Å²) in [4.78, 5) is 3.11. The minimum atomic E-state index is -2.93. The maximum atomic E-state index is 11.1. The molecule has 0 spiro atoms. The summed E-state index contributed by atoms with van der Waals surface area (Å²) in [5, 5.41) is 4.31. The minimum Gasteiger partial charge on any atom is -0.328 e. The Morgan fingerprint density at radius 1 is 1.44 bits per heavy atom. The Morgan fingerprint density at radius 2 is 2.11 bits per heavy atom. The molecule has 0 unspecified atom stereocenters. The Kier molecular flexibility index (Phi) is 3.33. The van der Waals surface area contributed by atoms with Crippen molar-refractivity contribution in [1.29, 1.82) is 0 Å². The first-order chi connectivity index (χ1) is 8.29. The predicted octanol–water partition coefficient (Wildman–Crippen LogP) is 1.18.